The van der Waals surface area contributed by atoms with Gasteiger partial charge in [0.1, 0.15) is 5.82 Å². The molecule has 11 heteroatoms. The van der Waals surface area contributed by atoms with Crippen LogP contribution >= 0.6 is 0 Å². The molecule has 0 radical (unpaired) electrons. The summed E-state index contributed by atoms with van der Waals surface area (Å²) in [4.78, 5) is 1.96. The van der Waals surface area contributed by atoms with Crippen molar-refractivity contribution in [2.45, 2.75) is 24.3 Å². The topological polar surface area (TPSA) is 93.4 Å². The molecule has 1 aromatic carbocycles. The molecule has 0 saturated carbocycles. The first-order valence-electron chi connectivity index (χ1n) is 8.94. The maximum absolute atomic E-state index is 13.4. The Morgan fingerprint density at radius 2 is 2.14 bits per heavy atom. The number of tetrazole rings is 1. The maximum Gasteiger partial charge on any atom is 0.218 e. The summed E-state index contributed by atoms with van der Waals surface area (Å²) in [6, 6.07) is 5.67. The molecule has 154 valence electrons. The number of methoxy groups -OCH3 is 1. The molecular formula is C17H25FN6O3S. The number of rotatable bonds is 8. The normalized spacial score (nSPS) is 20.9. The fourth-order valence-electron chi connectivity index (χ4n) is 3.54. The van der Waals surface area contributed by atoms with Gasteiger partial charge in [-0.05, 0) is 48.6 Å². The summed E-state index contributed by atoms with van der Waals surface area (Å²) < 4.78 is 47.6. The zero-order valence-electron chi connectivity index (χ0n) is 16.2. The number of likely N-dealkylation sites (N-methyl/N-ethyl adjacent to an activating group) is 1. The second-order valence-electron chi connectivity index (χ2n) is 7.11. The summed E-state index contributed by atoms with van der Waals surface area (Å²) >= 11 is 0. The molecule has 1 fully saturated rings. The Balaban J connectivity index is 1.85. The summed E-state index contributed by atoms with van der Waals surface area (Å²) in [5, 5.41) is 12.0. The summed E-state index contributed by atoms with van der Waals surface area (Å²) in [5.74, 6) is -0.0878. The standard InChI is InChI=1S/C17H25FN6O3S/c1-22(2)17(16-19-20-21-24(16)9-10-27-3)7-8-23(13-17)28(25,26)12-14-5-4-6-15(18)11-14/h4-6,11H,7-10,12-13H2,1-3H3. The highest BCUT2D eigenvalue weighted by molar-refractivity contribution is 7.88. The van der Waals surface area contributed by atoms with Crippen LogP contribution < -0.4 is 0 Å². The Bertz CT molecular complexity index is 919. The van der Waals surface area contributed by atoms with E-state index in [1.807, 2.05) is 19.0 Å². The third-order valence-electron chi connectivity index (χ3n) is 5.16. The van der Waals surface area contributed by atoms with Gasteiger partial charge in [-0.1, -0.05) is 12.1 Å². The van der Waals surface area contributed by atoms with Crippen LogP contribution in [-0.2, 0) is 32.6 Å². The highest BCUT2D eigenvalue weighted by Crippen LogP contribution is 2.36. The number of nitrogens with zero attached hydrogens (tertiary/aromatic N) is 6. The number of halogens is 1. The van der Waals surface area contributed by atoms with E-state index in [0.29, 0.717) is 37.5 Å². The van der Waals surface area contributed by atoms with Crippen molar-refractivity contribution < 1.29 is 17.5 Å². The van der Waals surface area contributed by atoms with Gasteiger partial charge in [0.25, 0.3) is 0 Å². The van der Waals surface area contributed by atoms with Gasteiger partial charge in [-0.25, -0.2) is 17.5 Å². The van der Waals surface area contributed by atoms with Gasteiger partial charge in [0.15, 0.2) is 5.82 Å². The smallest absolute Gasteiger partial charge is 0.218 e. The Morgan fingerprint density at radius 1 is 1.36 bits per heavy atom. The SMILES string of the molecule is COCCn1nnnc1C1(N(C)C)CCN(S(=O)(=O)Cc2cccc(F)c2)C1. The zero-order chi connectivity index (χ0) is 20.4. The van der Waals surface area contributed by atoms with Gasteiger partial charge in [0.05, 0.1) is 24.4 Å². The molecule has 0 aliphatic carbocycles. The Morgan fingerprint density at radius 3 is 2.82 bits per heavy atom. The lowest BCUT2D eigenvalue weighted by atomic mass is 9.96. The first kappa shape index (κ1) is 20.8. The van der Waals surface area contributed by atoms with E-state index >= 15 is 0 Å². The van der Waals surface area contributed by atoms with E-state index in [4.69, 9.17) is 4.74 Å². The summed E-state index contributed by atoms with van der Waals surface area (Å²) in [6.45, 7) is 1.49. The highest BCUT2D eigenvalue weighted by Gasteiger charge is 2.48. The Kier molecular flexibility index (Phi) is 6.08. The van der Waals surface area contributed by atoms with Gasteiger partial charge in [0, 0.05) is 20.2 Å². The molecule has 1 aromatic heterocycles. The number of sulfonamides is 1. The van der Waals surface area contributed by atoms with E-state index in [2.05, 4.69) is 15.5 Å². The fourth-order valence-corrected chi connectivity index (χ4v) is 5.10. The van der Waals surface area contributed by atoms with Crippen molar-refractivity contribution in [1.82, 2.24) is 29.4 Å². The predicted octanol–water partition coefficient (Wildman–Crippen LogP) is 0.451. The quantitative estimate of drug-likeness (QED) is 0.621. The first-order chi connectivity index (χ1) is 13.3. The van der Waals surface area contributed by atoms with Gasteiger partial charge >= 0.3 is 0 Å². The van der Waals surface area contributed by atoms with Crippen molar-refractivity contribution in [2.24, 2.45) is 0 Å². The zero-order valence-corrected chi connectivity index (χ0v) is 17.1. The molecule has 2 aromatic rings. The van der Waals surface area contributed by atoms with Gasteiger partial charge in [-0.3, -0.25) is 4.90 Å². The van der Waals surface area contributed by atoms with Crippen LogP contribution in [0.4, 0.5) is 4.39 Å². The van der Waals surface area contributed by atoms with E-state index < -0.39 is 21.4 Å². The van der Waals surface area contributed by atoms with Crippen LogP contribution in [0.3, 0.4) is 0 Å². The molecule has 9 nitrogen and oxygen atoms in total. The van der Waals surface area contributed by atoms with Crippen molar-refractivity contribution in [3.05, 3.63) is 41.5 Å². The Hall–Kier alpha value is -1.95. The molecule has 3 rings (SSSR count). The minimum atomic E-state index is -3.62. The third-order valence-corrected chi connectivity index (χ3v) is 6.95. The number of hydrogen-bond donors (Lipinski definition) is 0. The van der Waals surface area contributed by atoms with E-state index in [-0.39, 0.29) is 12.3 Å². The number of benzene rings is 1. The maximum atomic E-state index is 13.4. The summed E-state index contributed by atoms with van der Waals surface area (Å²) in [5.41, 5.74) is -0.223. The lowest BCUT2D eigenvalue weighted by molar-refractivity contribution is 0.138. The van der Waals surface area contributed by atoms with Gasteiger partial charge in [-0.15, -0.1) is 5.10 Å². The molecule has 1 aliphatic rings. The van der Waals surface area contributed by atoms with Gasteiger partial charge in [-0.2, -0.15) is 4.31 Å². The molecular weight excluding hydrogens is 387 g/mol. The van der Waals surface area contributed by atoms with Crippen molar-refractivity contribution in [3.63, 3.8) is 0 Å². The molecule has 0 amide bonds. The average Bonchev–Trinajstić information content (AvgIpc) is 3.27. The van der Waals surface area contributed by atoms with Crippen LogP contribution in [0.15, 0.2) is 24.3 Å². The minimum Gasteiger partial charge on any atom is -0.383 e. The monoisotopic (exact) mass is 412 g/mol. The van der Waals surface area contributed by atoms with E-state index in [9.17, 15) is 12.8 Å². The van der Waals surface area contributed by atoms with E-state index in [1.54, 1.807) is 17.9 Å². The number of aromatic nitrogens is 4. The molecule has 2 heterocycles. The van der Waals surface area contributed by atoms with Crippen LogP contribution in [0.1, 0.15) is 17.8 Å². The fraction of sp³-hybridized carbons (Fsp3) is 0.588. The van der Waals surface area contributed by atoms with E-state index in [1.165, 1.54) is 22.5 Å². The van der Waals surface area contributed by atoms with Crippen molar-refractivity contribution in [2.75, 3.05) is 40.9 Å². The first-order valence-corrected chi connectivity index (χ1v) is 10.5. The van der Waals surface area contributed by atoms with Gasteiger partial charge < -0.3 is 4.74 Å². The van der Waals surface area contributed by atoms with Crippen molar-refractivity contribution in [1.29, 1.82) is 0 Å². The minimum absolute atomic E-state index is 0.227. The van der Waals surface area contributed by atoms with Crippen LogP contribution in [-0.4, -0.2) is 78.7 Å². The van der Waals surface area contributed by atoms with Crippen molar-refractivity contribution >= 4 is 10.0 Å². The lowest BCUT2D eigenvalue weighted by Gasteiger charge is -2.34. The average molecular weight is 412 g/mol. The summed E-state index contributed by atoms with van der Waals surface area (Å²) in [7, 11) is 1.76. The summed E-state index contributed by atoms with van der Waals surface area (Å²) in [6.07, 6.45) is 0.551. The molecule has 0 spiro atoms. The molecule has 1 atom stereocenters. The molecule has 1 aliphatic heterocycles. The van der Waals surface area contributed by atoms with Crippen LogP contribution in [0.5, 0.6) is 0 Å². The largest absolute Gasteiger partial charge is 0.383 e. The number of ether oxygens (including phenoxy) is 1. The van der Waals surface area contributed by atoms with Crippen LogP contribution in [0.2, 0.25) is 0 Å². The second kappa shape index (κ2) is 8.19. The predicted molar refractivity (Wildman–Crippen MR) is 100 cm³/mol. The molecule has 0 bridgehead atoms. The molecule has 28 heavy (non-hydrogen) atoms. The van der Waals surface area contributed by atoms with Crippen LogP contribution in [0.25, 0.3) is 0 Å². The molecule has 1 saturated heterocycles. The lowest BCUT2D eigenvalue weighted by Crippen LogP contribution is -2.47. The number of hydrogen-bond acceptors (Lipinski definition) is 7. The molecule has 1 unspecified atom stereocenters. The van der Waals surface area contributed by atoms with Gasteiger partial charge in [0.2, 0.25) is 10.0 Å². The Labute approximate surface area is 164 Å². The van der Waals surface area contributed by atoms with E-state index in [0.717, 1.165) is 0 Å². The van der Waals surface area contributed by atoms with Crippen molar-refractivity contribution in [3.8, 4) is 0 Å². The molecule has 0 N–H and O–H groups in total. The highest BCUT2D eigenvalue weighted by atomic mass is 32.2. The second-order valence-corrected chi connectivity index (χ2v) is 9.08. The third kappa shape index (κ3) is 4.07. The van der Waals surface area contributed by atoms with Crippen LogP contribution in [0, 0.1) is 5.82 Å².